The number of rotatable bonds is 3. The van der Waals surface area contributed by atoms with Gasteiger partial charge in [0.05, 0.1) is 12.6 Å². The molecule has 5 heteroatoms. The third-order valence-electron chi connectivity index (χ3n) is 3.38. The lowest BCUT2D eigenvalue weighted by molar-refractivity contribution is -0.117. The molecule has 0 aliphatic carbocycles. The summed E-state index contributed by atoms with van der Waals surface area (Å²) in [6.45, 7) is 3.82. The Bertz CT molecular complexity index is 457. The highest BCUT2D eigenvalue weighted by atomic mass is 35.5. The summed E-state index contributed by atoms with van der Waals surface area (Å²) < 4.78 is 0. The van der Waals surface area contributed by atoms with Crippen molar-refractivity contribution in [2.75, 3.05) is 25.0 Å². The molecule has 1 aliphatic rings. The van der Waals surface area contributed by atoms with Crippen LogP contribution in [0.15, 0.2) is 18.2 Å². The van der Waals surface area contributed by atoms with Gasteiger partial charge in [-0.1, -0.05) is 17.7 Å². The van der Waals surface area contributed by atoms with Crippen LogP contribution in [0.5, 0.6) is 0 Å². The number of likely N-dealkylation sites (tertiary alicyclic amines) is 1. The summed E-state index contributed by atoms with van der Waals surface area (Å²) in [4.78, 5) is 14.0. The normalized spacial score (nSPS) is 17.4. The number of nitrogens with zero attached hydrogens (tertiary/aromatic N) is 1. The lowest BCUT2D eigenvalue weighted by Gasteiger charge is -2.28. The topological polar surface area (TPSA) is 52.6 Å². The number of hydrogen-bond acceptors (Lipinski definition) is 3. The second kappa shape index (κ2) is 6.37. The molecule has 0 spiro atoms. The summed E-state index contributed by atoms with van der Waals surface area (Å²) in [7, 11) is 0. The first kappa shape index (κ1) is 14.3. The molecule has 0 unspecified atom stereocenters. The first-order valence-corrected chi connectivity index (χ1v) is 6.89. The molecule has 1 saturated heterocycles. The number of aliphatic hydroxyl groups is 1. The zero-order valence-electron chi connectivity index (χ0n) is 11.0. The summed E-state index contributed by atoms with van der Waals surface area (Å²) in [5.74, 6) is -0.0451. The van der Waals surface area contributed by atoms with Gasteiger partial charge in [-0.05, 0) is 37.5 Å². The van der Waals surface area contributed by atoms with Crippen molar-refractivity contribution in [3.63, 3.8) is 0 Å². The largest absolute Gasteiger partial charge is 0.393 e. The second-order valence-corrected chi connectivity index (χ2v) is 5.43. The van der Waals surface area contributed by atoms with Gasteiger partial charge in [0, 0.05) is 23.8 Å². The minimum absolute atomic E-state index is 0.0451. The highest BCUT2D eigenvalue weighted by molar-refractivity contribution is 6.31. The summed E-state index contributed by atoms with van der Waals surface area (Å²) in [5.41, 5.74) is 1.71. The quantitative estimate of drug-likeness (QED) is 0.892. The molecular formula is C14H19ClN2O2. The number of aliphatic hydroxyl groups excluding tert-OH is 1. The SMILES string of the molecule is Cc1ccc(NC(=O)CN2CCC(O)CC2)cc1Cl. The van der Waals surface area contributed by atoms with Gasteiger partial charge in [0.1, 0.15) is 0 Å². The number of carbonyl (C=O) groups excluding carboxylic acids is 1. The van der Waals surface area contributed by atoms with Crippen molar-refractivity contribution in [1.82, 2.24) is 4.90 Å². The number of carbonyl (C=O) groups is 1. The van der Waals surface area contributed by atoms with E-state index in [-0.39, 0.29) is 12.0 Å². The molecule has 0 radical (unpaired) electrons. The molecule has 4 nitrogen and oxygen atoms in total. The predicted molar refractivity (Wildman–Crippen MR) is 76.5 cm³/mol. The fourth-order valence-corrected chi connectivity index (χ4v) is 2.33. The van der Waals surface area contributed by atoms with E-state index in [1.54, 1.807) is 6.07 Å². The van der Waals surface area contributed by atoms with Crippen molar-refractivity contribution < 1.29 is 9.90 Å². The van der Waals surface area contributed by atoms with Gasteiger partial charge in [-0.15, -0.1) is 0 Å². The summed E-state index contributed by atoms with van der Waals surface area (Å²) in [6.07, 6.45) is 1.27. The van der Waals surface area contributed by atoms with Crippen molar-refractivity contribution in [2.24, 2.45) is 0 Å². The molecule has 0 aromatic heterocycles. The zero-order chi connectivity index (χ0) is 13.8. The number of halogens is 1. The number of amides is 1. The van der Waals surface area contributed by atoms with Crippen molar-refractivity contribution >= 4 is 23.2 Å². The van der Waals surface area contributed by atoms with E-state index >= 15 is 0 Å². The molecule has 0 bridgehead atoms. The van der Waals surface area contributed by atoms with Gasteiger partial charge in [0.15, 0.2) is 0 Å². The third-order valence-corrected chi connectivity index (χ3v) is 3.79. The molecule has 104 valence electrons. The fourth-order valence-electron chi connectivity index (χ4n) is 2.15. The first-order valence-electron chi connectivity index (χ1n) is 6.51. The number of benzene rings is 1. The van der Waals surface area contributed by atoms with Crippen molar-refractivity contribution in [2.45, 2.75) is 25.9 Å². The number of piperidine rings is 1. The van der Waals surface area contributed by atoms with Crippen LogP contribution in [0.25, 0.3) is 0 Å². The van der Waals surface area contributed by atoms with Crippen molar-refractivity contribution in [3.8, 4) is 0 Å². The minimum Gasteiger partial charge on any atom is -0.393 e. The molecular weight excluding hydrogens is 264 g/mol. The van der Waals surface area contributed by atoms with Gasteiger partial charge >= 0.3 is 0 Å². The van der Waals surface area contributed by atoms with E-state index < -0.39 is 0 Å². The minimum atomic E-state index is -0.213. The monoisotopic (exact) mass is 282 g/mol. The average Bonchev–Trinajstić information content (AvgIpc) is 2.37. The Morgan fingerprint density at radius 1 is 1.47 bits per heavy atom. The van der Waals surface area contributed by atoms with Gasteiger partial charge in [0.25, 0.3) is 0 Å². The van der Waals surface area contributed by atoms with E-state index in [0.717, 1.165) is 37.2 Å². The third kappa shape index (κ3) is 4.20. The smallest absolute Gasteiger partial charge is 0.238 e. The Kier molecular flexibility index (Phi) is 4.80. The van der Waals surface area contributed by atoms with E-state index in [0.29, 0.717) is 11.6 Å². The van der Waals surface area contributed by atoms with Crippen LogP contribution in [0.3, 0.4) is 0 Å². The second-order valence-electron chi connectivity index (χ2n) is 5.02. The van der Waals surface area contributed by atoms with Gasteiger partial charge in [-0.3, -0.25) is 9.69 Å². The van der Waals surface area contributed by atoms with Crippen LogP contribution >= 0.6 is 11.6 Å². The Morgan fingerprint density at radius 3 is 2.79 bits per heavy atom. The number of anilines is 1. The standard InChI is InChI=1S/C14H19ClN2O2/c1-10-2-3-11(8-13(10)15)16-14(19)9-17-6-4-12(18)5-7-17/h2-3,8,12,18H,4-7,9H2,1H3,(H,16,19). The van der Waals surface area contributed by atoms with E-state index in [9.17, 15) is 9.90 Å². The van der Waals surface area contributed by atoms with Crippen molar-refractivity contribution in [3.05, 3.63) is 28.8 Å². The van der Waals surface area contributed by atoms with Gasteiger partial charge in [-0.2, -0.15) is 0 Å². The summed E-state index contributed by atoms with van der Waals surface area (Å²) in [6, 6.07) is 5.49. The van der Waals surface area contributed by atoms with Crippen LogP contribution in [0.2, 0.25) is 5.02 Å². The Labute approximate surface area is 118 Å². The van der Waals surface area contributed by atoms with E-state index in [1.807, 2.05) is 19.1 Å². The Hall–Kier alpha value is -1.10. The summed E-state index contributed by atoms with van der Waals surface area (Å²) in [5, 5.41) is 12.9. The maximum atomic E-state index is 11.9. The van der Waals surface area contributed by atoms with E-state index in [1.165, 1.54) is 0 Å². The molecule has 0 atom stereocenters. The van der Waals surface area contributed by atoms with Gasteiger partial charge in [-0.25, -0.2) is 0 Å². The van der Waals surface area contributed by atoms with Crippen molar-refractivity contribution in [1.29, 1.82) is 0 Å². The molecule has 1 aliphatic heterocycles. The molecule has 1 aromatic carbocycles. The van der Waals surface area contributed by atoms with E-state index in [4.69, 9.17) is 11.6 Å². The predicted octanol–water partition coefficient (Wildman–Crippen LogP) is 2.04. The number of nitrogens with one attached hydrogen (secondary N) is 1. The average molecular weight is 283 g/mol. The maximum absolute atomic E-state index is 11.9. The van der Waals surface area contributed by atoms with Gasteiger partial charge in [0.2, 0.25) is 5.91 Å². The van der Waals surface area contributed by atoms with Crippen LogP contribution < -0.4 is 5.32 Å². The first-order chi connectivity index (χ1) is 9.04. The zero-order valence-corrected chi connectivity index (χ0v) is 11.8. The lowest BCUT2D eigenvalue weighted by atomic mass is 10.1. The van der Waals surface area contributed by atoms with Crippen LogP contribution in [-0.2, 0) is 4.79 Å². The highest BCUT2D eigenvalue weighted by Crippen LogP contribution is 2.20. The maximum Gasteiger partial charge on any atom is 0.238 e. The molecule has 0 saturated carbocycles. The van der Waals surface area contributed by atoms with Crippen LogP contribution in [-0.4, -0.2) is 41.7 Å². The molecule has 1 amide bonds. The Balaban J connectivity index is 1.85. The Morgan fingerprint density at radius 2 is 2.16 bits per heavy atom. The van der Waals surface area contributed by atoms with E-state index in [2.05, 4.69) is 10.2 Å². The van der Waals surface area contributed by atoms with Crippen LogP contribution in [0.1, 0.15) is 18.4 Å². The molecule has 1 aromatic rings. The fraction of sp³-hybridized carbons (Fsp3) is 0.500. The lowest BCUT2D eigenvalue weighted by Crippen LogP contribution is -2.40. The molecule has 1 heterocycles. The molecule has 2 N–H and O–H groups in total. The van der Waals surface area contributed by atoms with Crippen LogP contribution in [0, 0.1) is 6.92 Å². The highest BCUT2D eigenvalue weighted by Gasteiger charge is 2.18. The molecule has 1 fully saturated rings. The number of hydrogen-bond donors (Lipinski definition) is 2. The van der Waals surface area contributed by atoms with Gasteiger partial charge < -0.3 is 10.4 Å². The summed E-state index contributed by atoms with van der Waals surface area (Å²) >= 11 is 6.02. The molecule has 2 rings (SSSR count). The van der Waals surface area contributed by atoms with Crippen LogP contribution in [0.4, 0.5) is 5.69 Å². The number of aryl methyl sites for hydroxylation is 1. The molecule has 19 heavy (non-hydrogen) atoms.